The predicted molar refractivity (Wildman–Crippen MR) is 55.9 cm³/mol. The zero-order valence-corrected chi connectivity index (χ0v) is 8.71. The van der Waals surface area contributed by atoms with E-state index in [-0.39, 0.29) is 19.0 Å². The summed E-state index contributed by atoms with van der Waals surface area (Å²) in [7, 11) is 1.37. The number of hydrogen-bond acceptors (Lipinski definition) is 4. The largest absolute Gasteiger partial charge is 0.469 e. The molecule has 14 heavy (non-hydrogen) atoms. The Labute approximate surface area is 86.6 Å². The van der Waals surface area contributed by atoms with Gasteiger partial charge in [-0.2, -0.15) is 0 Å². The molecule has 0 unspecified atom stereocenters. The number of esters is 1. The van der Waals surface area contributed by atoms with E-state index in [4.69, 9.17) is 5.11 Å². The van der Waals surface area contributed by atoms with Gasteiger partial charge in [0.2, 0.25) is 0 Å². The fourth-order valence-corrected chi connectivity index (χ4v) is 1.73. The number of aliphatic hydroxyl groups is 1. The first kappa shape index (κ1) is 10.9. The highest BCUT2D eigenvalue weighted by Crippen LogP contribution is 2.17. The third-order valence-electron chi connectivity index (χ3n) is 1.63. The number of carbonyl (C=O) groups is 1. The number of rotatable bonds is 4. The summed E-state index contributed by atoms with van der Waals surface area (Å²) in [5.41, 5.74) is 0. The van der Waals surface area contributed by atoms with Gasteiger partial charge in [0.15, 0.2) is 0 Å². The van der Waals surface area contributed by atoms with Crippen LogP contribution in [0.3, 0.4) is 0 Å². The van der Waals surface area contributed by atoms with Crippen LogP contribution in [0.4, 0.5) is 0 Å². The molecule has 0 fully saturated rings. The maximum atomic E-state index is 10.8. The third-order valence-corrected chi connectivity index (χ3v) is 2.67. The molecule has 0 amide bonds. The average molecular weight is 212 g/mol. The molecule has 1 aromatic heterocycles. The zero-order valence-electron chi connectivity index (χ0n) is 7.90. The van der Waals surface area contributed by atoms with E-state index < -0.39 is 0 Å². The Morgan fingerprint density at radius 1 is 1.64 bits per heavy atom. The third kappa shape index (κ3) is 3.32. The van der Waals surface area contributed by atoms with Crippen molar-refractivity contribution in [3.05, 3.63) is 28.0 Å². The van der Waals surface area contributed by atoms with E-state index in [1.54, 1.807) is 6.08 Å². The molecule has 0 atom stereocenters. The molecule has 1 rings (SSSR count). The number of aliphatic hydroxyl groups excluding tert-OH is 1. The molecule has 1 heterocycles. The van der Waals surface area contributed by atoms with Crippen LogP contribution in [0.25, 0.3) is 6.08 Å². The SMILES string of the molecule is COC(=O)CC=Cc1ccc(CO)s1. The van der Waals surface area contributed by atoms with Gasteiger partial charge < -0.3 is 9.84 Å². The Hall–Kier alpha value is -1.13. The molecule has 1 aromatic rings. The number of thiophene rings is 1. The Balaban J connectivity index is 2.47. The van der Waals surface area contributed by atoms with Crippen LogP contribution in [-0.4, -0.2) is 18.2 Å². The fraction of sp³-hybridized carbons (Fsp3) is 0.300. The molecule has 0 radical (unpaired) electrons. The summed E-state index contributed by atoms with van der Waals surface area (Å²) >= 11 is 1.50. The molecule has 0 spiro atoms. The molecule has 0 aromatic carbocycles. The molecule has 1 N–H and O–H groups in total. The highest BCUT2D eigenvalue weighted by molar-refractivity contribution is 7.12. The lowest BCUT2D eigenvalue weighted by Gasteiger charge is -1.91. The Morgan fingerprint density at radius 3 is 3.00 bits per heavy atom. The minimum Gasteiger partial charge on any atom is -0.469 e. The first-order valence-electron chi connectivity index (χ1n) is 4.19. The van der Waals surface area contributed by atoms with Gasteiger partial charge in [-0.05, 0) is 18.2 Å². The first-order chi connectivity index (χ1) is 6.76. The minimum absolute atomic E-state index is 0.0650. The van der Waals surface area contributed by atoms with Crippen molar-refractivity contribution in [1.82, 2.24) is 0 Å². The van der Waals surface area contributed by atoms with Crippen molar-refractivity contribution in [3.63, 3.8) is 0 Å². The Kier molecular flexibility index (Phi) is 4.35. The van der Waals surface area contributed by atoms with E-state index >= 15 is 0 Å². The van der Waals surface area contributed by atoms with Crippen LogP contribution in [0, 0.1) is 0 Å². The second kappa shape index (κ2) is 5.57. The van der Waals surface area contributed by atoms with Gasteiger partial charge in [0, 0.05) is 9.75 Å². The van der Waals surface area contributed by atoms with Gasteiger partial charge in [-0.25, -0.2) is 0 Å². The average Bonchev–Trinajstić information content (AvgIpc) is 2.65. The van der Waals surface area contributed by atoms with Gasteiger partial charge in [-0.1, -0.05) is 6.08 Å². The summed E-state index contributed by atoms with van der Waals surface area (Å²) in [6.45, 7) is 0.0650. The van der Waals surface area contributed by atoms with Gasteiger partial charge in [-0.3, -0.25) is 4.79 Å². The fourth-order valence-electron chi connectivity index (χ4n) is 0.924. The van der Waals surface area contributed by atoms with Crippen LogP contribution >= 0.6 is 11.3 Å². The molecular weight excluding hydrogens is 200 g/mol. The van der Waals surface area contributed by atoms with E-state index in [9.17, 15) is 4.79 Å². The van der Waals surface area contributed by atoms with E-state index in [1.165, 1.54) is 18.4 Å². The van der Waals surface area contributed by atoms with Crippen molar-refractivity contribution in [1.29, 1.82) is 0 Å². The van der Waals surface area contributed by atoms with E-state index in [0.717, 1.165) is 9.75 Å². The van der Waals surface area contributed by atoms with Crippen molar-refractivity contribution in [2.75, 3.05) is 7.11 Å². The van der Waals surface area contributed by atoms with Gasteiger partial charge in [-0.15, -0.1) is 11.3 Å². The lowest BCUT2D eigenvalue weighted by Crippen LogP contribution is -1.96. The van der Waals surface area contributed by atoms with Crippen LogP contribution in [0.15, 0.2) is 18.2 Å². The molecule has 0 saturated heterocycles. The summed E-state index contributed by atoms with van der Waals surface area (Å²) < 4.78 is 4.49. The van der Waals surface area contributed by atoms with E-state index in [0.29, 0.717) is 0 Å². The van der Waals surface area contributed by atoms with E-state index in [2.05, 4.69) is 4.74 Å². The van der Waals surface area contributed by atoms with Crippen molar-refractivity contribution in [2.45, 2.75) is 13.0 Å². The maximum Gasteiger partial charge on any atom is 0.309 e. The monoisotopic (exact) mass is 212 g/mol. The number of methoxy groups -OCH3 is 1. The molecule has 0 saturated carbocycles. The van der Waals surface area contributed by atoms with Gasteiger partial charge in [0.05, 0.1) is 20.1 Å². The van der Waals surface area contributed by atoms with Crippen LogP contribution < -0.4 is 0 Å². The molecule has 0 aliphatic carbocycles. The summed E-state index contributed by atoms with van der Waals surface area (Å²) in [6.07, 6.45) is 3.88. The minimum atomic E-state index is -0.250. The zero-order chi connectivity index (χ0) is 10.4. The van der Waals surface area contributed by atoms with Crippen LogP contribution in [0.1, 0.15) is 16.2 Å². The molecule has 0 bridgehead atoms. The summed E-state index contributed by atoms with van der Waals surface area (Å²) in [4.78, 5) is 12.7. The second-order valence-corrected chi connectivity index (χ2v) is 3.84. The molecular formula is C10H12O3S. The molecule has 4 heteroatoms. The van der Waals surface area contributed by atoms with Gasteiger partial charge in [0.1, 0.15) is 0 Å². The highest BCUT2D eigenvalue weighted by Gasteiger charge is 1.96. The number of ether oxygens (including phenoxy) is 1. The predicted octanol–water partition coefficient (Wildman–Crippen LogP) is 1.82. The lowest BCUT2D eigenvalue weighted by atomic mass is 10.3. The smallest absolute Gasteiger partial charge is 0.309 e. The quantitative estimate of drug-likeness (QED) is 0.774. The number of carbonyl (C=O) groups excluding carboxylic acids is 1. The molecule has 0 aliphatic rings. The second-order valence-electron chi connectivity index (χ2n) is 2.64. The van der Waals surface area contributed by atoms with Gasteiger partial charge in [0.25, 0.3) is 0 Å². The maximum absolute atomic E-state index is 10.8. The Morgan fingerprint density at radius 2 is 2.43 bits per heavy atom. The summed E-state index contributed by atoms with van der Waals surface area (Å²) in [6, 6.07) is 3.77. The van der Waals surface area contributed by atoms with Gasteiger partial charge >= 0.3 is 5.97 Å². The van der Waals surface area contributed by atoms with Crippen molar-refractivity contribution in [3.8, 4) is 0 Å². The topological polar surface area (TPSA) is 46.5 Å². The van der Waals surface area contributed by atoms with Crippen LogP contribution in [0.2, 0.25) is 0 Å². The highest BCUT2D eigenvalue weighted by atomic mass is 32.1. The van der Waals surface area contributed by atoms with Crippen molar-refractivity contribution >= 4 is 23.4 Å². The summed E-state index contributed by atoms with van der Waals surface area (Å²) in [5.74, 6) is -0.250. The Bertz CT molecular complexity index is 328. The molecule has 3 nitrogen and oxygen atoms in total. The lowest BCUT2D eigenvalue weighted by molar-refractivity contribution is -0.139. The van der Waals surface area contributed by atoms with Crippen molar-refractivity contribution in [2.24, 2.45) is 0 Å². The molecule has 0 aliphatic heterocycles. The van der Waals surface area contributed by atoms with Crippen molar-refractivity contribution < 1.29 is 14.6 Å². The standard InChI is InChI=1S/C10H12O3S/c1-13-10(12)4-2-3-8-5-6-9(7-11)14-8/h2-3,5-6,11H,4,7H2,1H3. The van der Waals surface area contributed by atoms with Crippen LogP contribution in [-0.2, 0) is 16.1 Å². The summed E-state index contributed by atoms with van der Waals surface area (Å²) in [5, 5.41) is 8.81. The number of hydrogen-bond donors (Lipinski definition) is 1. The normalized spacial score (nSPS) is 10.7. The molecule has 76 valence electrons. The first-order valence-corrected chi connectivity index (χ1v) is 5.01. The van der Waals surface area contributed by atoms with Crippen LogP contribution in [0.5, 0.6) is 0 Å². The van der Waals surface area contributed by atoms with E-state index in [1.807, 2.05) is 18.2 Å².